The standard InChI is InChI=1S/C6H7F3O5S2/c1-2-3-5(4-15(10,11)12)16(13,14)6(7,8)9/h5H,4H2,1H3,(H,10,11,12). The third-order valence-corrected chi connectivity index (χ3v) is 4.01. The van der Waals surface area contributed by atoms with E-state index in [0.29, 0.717) is 0 Å². The van der Waals surface area contributed by atoms with E-state index < -0.39 is 36.5 Å². The smallest absolute Gasteiger partial charge is 0.285 e. The summed E-state index contributed by atoms with van der Waals surface area (Å²) in [5.74, 6) is 1.84. The van der Waals surface area contributed by atoms with Crippen LogP contribution in [0.1, 0.15) is 6.92 Å². The van der Waals surface area contributed by atoms with Crippen LogP contribution in [0.25, 0.3) is 0 Å². The predicted molar refractivity (Wildman–Crippen MR) is 48.6 cm³/mol. The quantitative estimate of drug-likeness (QED) is 0.589. The van der Waals surface area contributed by atoms with Crippen molar-refractivity contribution in [2.24, 2.45) is 0 Å². The third kappa shape index (κ3) is 3.99. The van der Waals surface area contributed by atoms with Gasteiger partial charge in [0, 0.05) is 0 Å². The average molecular weight is 280 g/mol. The molecule has 5 nitrogen and oxygen atoms in total. The van der Waals surface area contributed by atoms with Gasteiger partial charge < -0.3 is 0 Å². The summed E-state index contributed by atoms with van der Waals surface area (Å²) in [7, 11) is -10.6. The van der Waals surface area contributed by atoms with Crippen molar-refractivity contribution in [2.75, 3.05) is 5.75 Å². The van der Waals surface area contributed by atoms with Gasteiger partial charge in [-0.2, -0.15) is 21.6 Å². The highest BCUT2D eigenvalue weighted by Crippen LogP contribution is 2.27. The molecule has 0 aromatic carbocycles. The zero-order chi connectivity index (χ0) is 13.2. The summed E-state index contributed by atoms with van der Waals surface area (Å²) in [5, 5.41) is -2.52. The predicted octanol–water partition coefficient (Wildman–Crippen LogP) is 0.201. The first-order valence-electron chi connectivity index (χ1n) is 3.59. The van der Waals surface area contributed by atoms with E-state index in [1.807, 2.05) is 5.92 Å². The largest absolute Gasteiger partial charge is 0.498 e. The second-order valence-electron chi connectivity index (χ2n) is 2.62. The monoisotopic (exact) mass is 280 g/mol. The summed E-state index contributed by atoms with van der Waals surface area (Å²) in [6.45, 7) is 1.04. The molecular weight excluding hydrogens is 273 g/mol. The fourth-order valence-electron chi connectivity index (χ4n) is 0.722. The van der Waals surface area contributed by atoms with E-state index in [4.69, 9.17) is 4.55 Å². The number of halogens is 3. The van der Waals surface area contributed by atoms with Gasteiger partial charge in [-0.1, -0.05) is 5.92 Å². The van der Waals surface area contributed by atoms with Crippen LogP contribution in [0, 0.1) is 11.8 Å². The summed E-state index contributed by atoms with van der Waals surface area (Å²) in [5.41, 5.74) is -5.62. The second kappa shape index (κ2) is 4.60. The Hall–Kier alpha value is -0.790. The average Bonchev–Trinajstić information content (AvgIpc) is 1.98. The van der Waals surface area contributed by atoms with Gasteiger partial charge in [0.05, 0.1) is 0 Å². The van der Waals surface area contributed by atoms with Crippen molar-refractivity contribution in [3.05, 3.63) is 0 Å². The van der Waals surface area contributed by atoms with Crippen molar-refractivity contribution in [1.29, 1.82) is 0 Å². The summed E-state index contributed by atoms with van der Waals surface area (Å²) < 4.78 is 86.8. The molecule has 0 amide bonds. The molecule has 0 aromatic rings. The van der Waals surface area contributed by atoms with Crippen LogP contribution >= 0.6 is 0 Å². The van der Waals surface area contributed by atoms with Crippen LogP contribution in [-0.4, -0.2) is 37.9 Å². The maximum absolute atomic E-state index is 12.0. The van der Waals surface area contributed by atoms with Crippen molar-refractivity contribution in [3.8, 4) is 11.8 Å². The van der Waals surface area contributed by atoms with Gasteiger partial charge in [0.25, 0.3) is 20.0 Å². The van der Waals surface area contributed by atoms with Gasteiger partial charge in [-0.05, 0) is 6.92 Å². The molecule has 0 bridgehead atoms. The Kier molecular flexibility index (Phi) is 4.38. The van der Waals surface area contributed by atoms with Crippen LogP contribution in [0.3, 0.4) is 0 Å². The lowest BCUT2D eigenvalue weighted by atomic mass is 10.5. The van der Waals surface area contributed by atoms with Crippen LogP contribution in [0.15, 0.2) is 0 Å². The molecule has 0 aromatic heterocycles. The van der Waals surface area contributed by atoms with E-state index in [0.717, 1.165) is 6.92 Å². The Morgan fingerprint density at radius 1 is 1.25 bits per heavy atom. The molecule has 0 radical (unpaired) electrons. The van der Waals surface area contributed by atoms with Gasteiger partial charge >= 0.3 is 5.51 Å². The zero-order valence-corrected chi connectivity index (χ0v) is 9.45. The van der Waals surface area contributed by atoms with Crippen molar-refractivity contribution in [2.45, 2.75) is 17.7 Å². The molecular formula is C6H7F3O5S2. The molecule has 0 aliphatic rings. The summed E-state index contributed by atoms with van der Waals surface area (Å²) >= 11 is 0. The van der Waals surface area contributed by atoms with E-state index in [2.05, 4.69) is 0 Å². The van der Waals surface area contributed by atoms with Gasteiger partial charge in [0.2, 0.25) is 0 Å². The molecule has 0 heterocycles. The van der Waals surface area contributed by atoms with Crippen LogP contribution in [0.4, 0.5) is 13.2 Å². The molecule has 0 aliphatic heterocycles. The van der Waals surface area contributed by atoms with Gasteiger partial charge in [0.15, 0.2) is 0 Å². The number of sulfone groups is 1. The fraction of sp³-hybridized carbons (Fsp3) is 0.667. The van der Waals surface area contributed by atoms with Gasteiger partial charge in [-0.25, -0.2) is 8.42 Å². The Bertz CT molecular complexity index is 505. The molecule has 10 heteroatoms. The highest BCUT2D eigenvalue weighted by molar-refractivity contribution is 7.94. The van der Waals surface area contributed by atoms with E-state index in [9.17, 15) is 30.0 Å². The van der Waals surface area contributed by atoms with Crippen LogP contribution in [-0.2, 0) is 20.0 Å². The Balaban J connectivity index is 5.48. The van der Waals surface area contributed by atoms with Crippen molar-refractivity contribution >= 4 is 20.0 Å². The molecule has 1 N–H and O–H groups in total. The van der Waals surface area contributed by atoms with E-state index in [1.165, 1.54) is 0 Å². The van der Waals surface area contributed by atoms with Crippen molar-refractivity contribution in [1.82, 2.24) is 0 Å². The summed E-state index contributed by atoms with van der Waals surface area (Å²) in [6, 6.07) is 0. The lowest BCUT2D eigenvalue weighted by molar-refractivity contribution is -0.0438. The van der Waals surface area contributed by atoms with Crippen LogP contribution in [0.2, 0.25) is 0 Å². The fourth-order valence-corrected chi connectivity index (χ4v) is 3.02. The Morgan fingerprint density at radius 2 is 1.69 bits per heavy atom. The molecule has 0 rings (SSSR count). The Morgan fingerprint density at radius 3 is 1.94 bits per heavy atom. The molecule has 94 valence electrons. The molecule has 0 spiro atoms. The SMILES string of the molecule is CC#CC(CS(=O)(=O)O)S(=O)(=O)C(F)(F)F. The minimum atomic E-state index is -5.75. The number of hydrogen-bond donors (Lipinski definition) is 1. The number of alkyl halides is 3. The summed E-state index contributed by atoms with van der Waals surface area (Å²) in [6.07, 6.45) is 0. The van der Waals surface area contributed by atoms with Crippen LogP contribution in [0.5, 0.6) is 0 Å². The topological polar surface area (TPSA) is 88.5 Å². The molecule has 0 saturated heterocycles. The molecule has 0 saturated carbocycles. The van der Waals surface area contributed by atoms with E-state index in [1.54, 1.807) is 5.92 Å². The molecule has 1 unspecified atom stereocenters. The summed E-state index contributed by atoms with van der Waals surface area (Å²) in [4.78, 5) is 0. The minimum Gasteiger partial charge on any atom is -0.285 e. The van der Waals surface area contributed by atoms with Crippen molar-refractivity contribution < 1.29 is 34.6 Å². The number of rotatable bonds is 3. The number of hydrogen-bond acceptors (Lipinski definition) is 4. The Labute approximate surface area is 90.3 Å². The van der Waals surface area contributed by atoms with Gasteiger partial charge in [0.1, 0.15) is 11.0 Å². The molecule has 16 heavy (non-hydrogen) atoms. The lowest BCUT2D eigenvalue weighted by Gasteiger charge is -2.12. The van der Waals surface area contributed by atoms with Crippen LogP contribution < -0.4 is 0 Å². The maximum atomic E-state index is 12.0. The first-order chi connectivity index (χ1) is 6.92. The van der Waals surface area contributed by atoms with Crippen molar-refractivity contribution in [3.63, 3.8) is 0 Å². The first-order valence-corrected chi connectivity index (χ1v) is 6.75. The first kappa shape index (κ1) is 15.2. The normalized spacial score (nSPS) is 15.1. The minimum absolute atomic E-state index is 1.04. The van der Waals surface area contributed by atoms with Gasteiger partial charge in [-0.15, -0.1) is 5.92 Å². The van der Waals surface area contributed by atoms with E-state index >= 15 is 0 Å². The third-order valence-electron chi connectivity index (χ3n) is 1.36. The van der Waals surface area contributed by atoms with E-state index in [-0.39, 0.29) is 0 Å². The molecule has 0 aliphatic carbocycles. The molecule has 0 fully saturated rings. The zero-order valence-electron chi connectivity index (χ0n) is 7.82. The second-order valence-corrected chi connectivity index (χ2v) is 6.24. The molecule has 1 atom stereocenters. The maximum Gasteiger partial charge on any atom is 0.498 e. The highest BCUT2D eigenvalue weighted by Gasteiger charge is 2.51. The highest BCUT2D eigenvalue weighted by atomic mass is 32.2. The lowest BCUT2D eigenvalue weighted by Crippen LogP contribution is -2.37. The van der Waals surface area contributed by atoms with Gasteiger partial charge in [-0.3, -0.25) is 4.55 Å².